The van der Waals surface area contributed by atoms with Crippen molar-refractivity contribution in [1.29, 1.82) is 0 Å². The lowest BCUT2D eigenvalue weighted by Crippen LogP contribution is -2.31. The van der Waals surface area contributed by atoms with Gasteiger partial charge >= 0.3 is 0 Å². The number of fused-ring (bicyclic) bond motifs is 4. The maximum absolute atomic E-state index is 6.11. The van der Waals surface area contributed by atoms with Crippen molar-refractivity contribution in [2.24, 2.45) is 10.9 Å². The van der Waals surface area contributed by atoms with Gasteiger partial charge in [0.05, 0.1) is 23.9 Å². The molecular weight excluding hydrogens is 362 g/mol. The molecule has 0 amide bonds. The third kappa shape index (κ3) is 2.72. The molecule has 0 N–H and O–H groups in total. The van der Waals surface area contributed by atoms with Crippen LogP contribution in [0, 0.1) is 5.92 Å². The molecule has 0 aliphatic carbocycles. The topological polar surface area (TPSA) is 21.6 Å². The number of para-hydroxylation sites is 2. The van der Waals surface area contributed by atoms with E-state index < -0.39 is 0 Å². The fraction of sp³-hybridized carbons (Fsp3) is 0.136. The van der Waals surface area contributed by atoms with Gasteiger partial charge in [0.15, 0.2) is 0 Å². The Balaban J connectivity index is 1.70. The number of ether oxygens (including phenoxy) is 1. The van der Waals surface area contributed by atoms with Crippen LogP contribution in [0.2, 0.25) is 5.02 Å². The first kappa shape index (κ1) is 16.0. The summed E-state index contributed by atoms with van der Waals surface area (Å²) >= 11 is 7.97. The molecule has 2 atom stereocenters. The highest BCUT2D eigenvalue weighted by atomic mass is 35.5. The maximum Gasteiger partial charge on any atom is 0.128 e. The predicted molar refractivity (Wildman–Crippen MR) is 108 cm³/mol. The molecule has 3 aromatic rings. The van der Waals surface area contributed by atoms with Gasteiger partial charge in [-0.05, 0) is 42.0 Å². The maximum atomic E-state index is 6.11. The Labute approximate surface area is 161 Å². The first-order valence-corrected chi connectivity index (χ1v) is 9.87. The first-order valence-electron chi connectivity index (χ1n) is 8.61. The van der Waals surface area contributed by atoms with Gasteiger partial charge in [0, 0.05) is 20.7 Å². The molecule has 2 nitrogen and oxygen atoms in total. The van der Waals surface area contributed by atoms with Crippen LogP contribution in [0.5, 0.6) is 5.75 Å². The van der Waals surface area contributed by atoms with E-state index >= 15 is 0 Å². The van der Waals surface area contributed by atoms with Gasteiger partial charge < -0.3 is 4.74 Å². The third-order valence-corrected chi connectivity index (χ3v) is 6.56. The van der Waals surface area contributed by atoms with E-state index in [1.165, 1.54) is 10.5 Å². The van der Waals surface area contributed by atoms with Gasteiger partial charge in [0.1, 0.15) is 5.75 Å². The predicted octanol–water partition coefficient (Wildman–Crippen LogP) is 6.32. The number of aliphatic imine (C=N–C) groups is 1. The minimum absolute atomic E-state index is 0.184. The SMILES string of the molecule is Clc1ccc([C@@H]2Sc3ccccc3N=C3c4ccccc4OC[C@H]32)cc1. The number of thioether (sulfide) groups is 1. The Hall–Kier alpha value is -2.23. The molecule has 0 radical (unpaired) electrons. The summed E-state index contributed by atoms with van der Waals surface area (Å²) in [5, 5.41) is 0.981. The summed E-state index contributed by atoms with van der Waals surface area (Å²) in [6, 6.07) is 24.7. The van der Waals surface area contributed by atoms with E-state index in [0.29, 0.717) is 6.61 Å². The normalized spacial score (nSPS) is 20.7. The van der Waals surface area contributed by atoms with E-state index in [-0.39, 0.29) is 11.2 Å². The van der Waals surface area contributed by atoms with E-state index in [2.05, 4.69) is 36.4 Å². The molecule has 2 heterocycles. The van der Waals surface area contributed by atoms with Crippen LogP contribution >= 0.6 is 23.4 Å². The zero-order chi connectivity index (χ0) is 17.5. The van der Waals surface area contributed by atoms with E-state index in [9.17, 15) is 0 Å². The molecule has 2 aliphatic rings. The second-order valence-corrected chi connectivity index (χ2v) is 8.09. The van der Waals surface area contributed by atoms with Crippen molar-refractivity contribution < 1.29 is 4.74 Å². The number of halogens is 1. The molecule has 3 aromatic carbocycles. The van der Waals surface area contributed by atoms with Crippen LogP contribution in [0.25, 0.3) is 0 Å². The molecular formula is C22H16ClNOS. The van der Waals surface area contributed by atoms with Crippen molar-refractivity contribution in [3.05, 3.63) is 88.9 Å². The zero-order valence-electron chi connectivity index (χ0n) is 13.9. The summed E-state index contributed by atoms with van der Waals surface area (Å²) in [5.74, 6) is 1.10. The zero-order valence-corrected chi connectivity index (χ0v) is 15.5. The average Bonchev–Trinajstić information content (AvgIpc) is 2.85. The Kier molecular flexibility index (Phi) is 3.99. The molecule has 5 rings (SSSR count). The lowest BCUT2D eigenvalue weighted by Gasteiger charge is -2.31. The molecule has 0 fully saturated rings. The largest absolute Gasteiger partial charge is 0.492 e. The Morgan fingerprint density at radius 1 is 0.923 bits per heavy atom. The van der Waals surface area contributed by atoms with Gasteiger partial charge in [-0.3, -0.25) is 4.99 Å². The van der Waals surface area contributed by atoms with E-state index in [0.717, 1.165) is 27.7 Å². The quantitative estimate of drug-likeness (QED) is 0.495. The van der Waals surface area contributed by atoms with Gasteiger partial charge in [-0.1, -0.05) is 48.0 Å². The molecule has 0 bridgehead atoms. The van der Waals surface area contributed by atoms with Crippen LogP contribution in [0.4, 0.5) is 5.69 Å². The molecule has 2 aliphatic heterocycles. The highest BCUT2D eigenvalue weighted by Gasteiger charge is 2.37. The highest BCUT2D eigenvalue weighted by molar-refractivity contribution is 7.99. The summed E-state index contributed by atoms with van der Waals surface area (Å²) in [6.45, 7) is 0.629. The van der Waals surface area contributed by atoms with E-state index in [4.69, 9.17) is 21.3 Å². The molecule has 0 unspecified atom stereocenters. The van der Waals surface area contributed by atoms with Crippen molar-refractivity contribution >= 4 is 34.8 Å². The Morgan fingerprint density at radius 3 is 2.58 bits per heavy atom. The van der Waals surface area contributed by atoms with Crippen molar-refractivity contribution in [3.8, 4) is 5.75 Å². The summed E-state index contributed by atoms with van der Waals surface area (Å²) in [5.41, 5.74) is 4.49. The molecule has 0 saturated heterocycles. The number of nitrogens with zero attached hydrogens (tertiary/aromatic N) is 1. The van der Waals surface area contributed by atoms with E-state index in [1.54, 1.807) is 0 Å². The van der Waals surface area contributed by atoms with Crippen molar-refractivity contribution in [2.45, 2.75) is 10.1 Å². The van der Waals surface area contributed by atoms with Crippen LogP contribution in [-0.2, 0) is 0 Å². The van der Waals surface area contributed by atoms with Crippen molar-refractivity contribution in [1.82, 2.24) is 0 Å². The van der Waals surface area contributed by atoms with Crippen LogP contribution < -0.4 is 4.74 Å². The number of benzene rings is 3. The van der Waals surface area contributed by atoms with Crippen molar-refractivity contribution in [2.75, 3.05) is 6.61 Å². The lowest BCUT2D eigenvalue weighted by molar-refractivity contribution is 0.271. The molecule has 128 valence electrons. The summed E-state index contributed by atoms with van der Waals surface area (Å²) < 4.78 is 6.10. The molecule has 26 heavy (non-hydrogen) atoms. The number of rotatable bonds is 1. The monoisotopic (exact) mass is 377 g/mol. The molecule has 4 heteroatoms. The Morgan fingerprint density at radius 2 is 1.69 bits per heavy atom. The van der Waals surface area contributed by atoms with Crippen LogP contribution in [0.15, 0.2) is 82.7 Å². The summed E-state index contributed by atoms with van der Waals surface area (Å²) in [6.07, 6.45) is 0. The van der Waals surface area contributed by atoms with Gasteiger partial charge in [0.25, 0.3) is 0 Å². The average molecular weight is 378 g/mol. The fourth-order valence-corrected chi connectivity index (χ4v) is 5.04. The number of hydrogen-bond acceptors (Lipinski definition) is 3. The standard InChI is InChI=1S/C22H16ClNOS/c23-15-11-9-14(10-12-15)22-17-13-25-19-7-3-1-5-16(19)21(17)24-18-6-2-4-8-20(18)26-22/h1-12,17,22H,13H2/t17-,22+/m1/s1. The molecule has 0 saturated carbocycles. The van der Waals surface area contributed by atoms with Crippen molar-refractivity contribution in [3.63, 3.8) is 0 Å². The van der Waals surface area contributed by atoms with Crippen LogP contribution in [-0.4, -0.2) is 12.3 Å². The van der Waals surface area contributed by atoms with E-state index in [1.807, 2.05) is 48.2 Å². The number of hydrogen-bond donors (Lipinski definition) is 0. The smallest absolute Gasteiger partial charge is 0.128 e. The van der Waals surface area contributed by atoms with Gasteiger partial charge in [0.2, 0.25) is 0 Å². The second-order valence-electron chi connectivity index (χ2n) is 6.47. The van der Waals surface area contributed by atoms with Gasteiger partial charge in [-0.15, -0.1) is 11.8 Å². The Bertz CT molecular complexity index is 999. The van der Waals surface area contributed by atoms with Crippen LogP contribution in [0.1, 0.15) is 16.4 Å². The van der Waals surface area contributed by atoms with Gasteiger partial charge in [-0.2, -0.15) is 0 Å². The van der Waals surface area contributed by atoms with Gasteiger partial charge in [-0.25, -0.2) is 0 Å². The molecule has 0 spiro atoms. The minimum atomic E-state index is 0.184. The molecule has 0 aromatic heterocycles. The second kappa shape index (κ2) is 6.49. The summed E-state index contributed by atoms with van der Waals surface area (Å²) in [7, 11) is 0. The fourth-order valence-electron chi connectivity index (χ4n) is 3.59. The first-order chi connectivity index (χ1) is 12.8. The summed E-state index contributed by atoms with van der Waals surface area (Å²) in [4.78, 5) is 6.29. The minimum Gasteiger partial charge on any atom is -0.492 e. The third-order valence-electron chi connectivity index (χ3n) is 4.86. The lowest BCUT2D eigenvalue weighted by atomic mass is 9.88. The highest BCUT2D eigenvalue weighted by Crippen LogP contribution is 2.50. The van der Waals surface area contributed by atoms with Crippen LogP contribution in [0.3, 0.4) is 0 Å².